The maximum Gasteiger partial charge on any atom is 0.274 e. The van der Waals surface area contributed by atoms with Crippen LogP contribution in [0.2, 0.25) is 0 Å². The van der Waals surface area contributed by atoms with Crippen LogP contribution in [0.3, 0.4) is 0 Å². The molecule has 0 saturated heterocycles. The molecule has 0 radical (unpaired) electrons. The van der Waals surface area contributed by atoms with Gasteiger partial charge in [0.05, 0.1) is 6.07 Å². The van der Waals surface area contributed by atoms with Gasteiger partial charge in [-0.2, -0.15) is 5.26 Å². The van der Waals surface area contributed by atoms with Gasteiger partial charge < -0.3 is 14.6 Å². The average molecular weight is 291 g/mol. The summed E-state index contributed by atoms with van der Waals surface area (Å²) in [5, 5.41) is 16.0. The normalized spacial score (nSPS) is 25.3. The highest BCUT2D eigenvalue weighted by atomic mass is 16.5. The van der Waals surface area contributed by atoms with Crippen molar-refractivity contribution in [2.75, 3.05) is 7.11 Å². The molecular formula is C15H21N3O3. The molecule has 2 rings (SSSR count). The Bertz CT molecular complexity index is 525. The molecule has 1 amide bonds. The van der Waals surface area contributed by atoms with Gasteiger partial charge in [0.15, 0.2) is 11.5 Å². The molecule has 1 aromatic heterocycles. The zero-order valence-electron chi connectivity index (χ0n) is 12.5. The number of nitriles is 1. The molecule has 1 aliphatic rings. The van der Waals surface area contributed by atoms with Crippen LogP contribution in [0.25, 0.3) is 0 Å². The van der Waals surface area contributed by atoms with E-state index in [1.54, 1.807) is 13.2 Å². The lowest BCUT2D eigenvalue weighted by Crippen LogP contribution is -2.49. The third kappa shape index (κ3) is 3.61. The van der Waals surface area contributed by atoms with Crippen molar-refractivity contribution in [1.29, 1.82) is 5.26 Å². The van der Waals surface area contributed by atoms with Crippen molar-refractivity contribution < 1.29 is 14.1 Å². The minimum atomic E-state index is -0.775. The Hall–Kier alpha value is -1.87. The van der Waals surface area contributed by atoms with E-state index in [1.807, 2.05) is 0 Å². The van der Waals surface area contributed by atoms with Crippen LogP contribution in [0.1, 0.15) is 55.3 Å². The van der Waals surface area contributed by atoms with E-state index in [0.717, 1.165) is 19.3 Å². The van der Waals surface area contributed by atoms with Gasteiger partial charge in [0.1, 0.15) is 12.1 Å². The molecule has 0 aliphatic heterocycles. The number of carbonyl (C=O) groups is 1. The monoisotopic (exact) mass is 291 g/mol. The van der Waals surface area contributed by atoms with Crippen molar-refractivity contribution in [3.8, 4) is 6.07 Å². The number of hydrogen-bond donors (Lipinski definition) is 1. The topological polar surface area (TPSA) is 88.2 Å². The second-order valence-electron chi connectivity index (χ2n) is 5.61. The van der Waals surface area contributed by atoms with E-state index in [-0.39, 0.29) is 18.2 Å². The summed E-state index contributed by atoms with van der Waals surface area (Å²) in [6, 6.07) is 3.82. The molecule has 0 atom stereocenters. The molecule has 6 heteroatoms. The van der Waals surface area contributed by atoms with Crippen molar-refractivity contribution in [3.63, 3.8) is 0 Å². The molecule has 1 aromatic rings. The van der Waals surface area contributed by atoms with E-state index in [0.29, 0.717) is 24.5 Å². The molecule has 1 saturated carbocycles. The predicted octanol–water partition coefficient (Wildman–Crippen LogP) is 2.41. The molecule has 1 N–H and O–H groups in total. The first-order valence-electron chi connectivity index (χ1n) is 7.30. The van der Waals surface area contributed by atoms with Gasteiger partial charge in [0, 0.05) is 13.2 Å². The molecular weight excluding hydrogens is 270 g/mol. The summed E-state index contributed by atoms with van der Waals surface area (Å²) in [5.41, 5.74) is -0.586. The minimum Gasteiger partial charge on any atom is -0.377 e. The van der Waals surface area contributed by atoms with Crippen molar-refractivity contribution in [2.24, 2.45) is 5.92 Å². The van der Waals surface area contributed by atoms with E-state index < -0.39 is 5.54 Å². The summed E-state index contributed by atoms with van der Waals surface area (Å²) < 4.78 is 9.92. The summed E-state index contributed by atoms with van der Waals surface area (Å²) in [6.45, 7) is 2.43. The van der Waals surface area contributed by atoms with Crippen LogP contribution in [0, 0.1) is 17.2 Å². The fourth-order valence-electron chi connectivity index (χ4n) is 2.76. The molecule has 0 aromatic carbocycles. The average Bonchev–Trinajstić information content (AvgIpc) is 2.97. The molecule has 1 aliphatic carbocycles. The molecule has 0 unspecified atom stereocenters. The highest BCUT2D eigenvalue weighted by Crippen LogP contribution is 2.33. The summed E-state index contributed by atoms with van der Waals surface area (Å²) in [6.07, 6.45) is 4.45. The first kappa shape index (κ1) is 15.5. The molecule has 0 spiro atoms. The first-order valence-corrected chi connectivity index (χ1v) is 7.30. The van der Waals surface area contributed by atoms with Crippen LogP contribution < -0.4 is 5.32 Å². The fourth-order valence-corrected chi connectivity index (χ4v) is 2.76. The largest absolute Gasteiger partial charge is 0.377 e. The standard InChI is InChI=1S/C15H21N3O3/c1-3-11-4-6-15(10-16,7-5-11)17-14(19)13-8-12(9-20-2)21-18-13/h8,11H,3-7,9H2,1-2H3,(H,17,19). The molecule has 1 heterocycles. The maximum atomic E-state index is 12.2. The number of carbonyl (C=O) groups excluding carboxylic acids is 1. The van der Waals surface area contributed by atoms with E-state index in [2.05, 4.69) is 23.5 Å². The molecule has 0 bridgehead atoms. The van der Waals surface area contributed by atoms with E-state index in [9.17, 15) is 10.1 Å². The van der Waals surface area contributed by atoms with Gasteiger partial charge in [-0.15, -0.1) is 0 Å². The lowest BCUT2D eigenvalue weighted by Gasteiger charge is -2.35. The second kappa shape index (κ2) is 6.72. The van der Waals surface area contributed by atoms with Gasteiger partial charge in [-0.05, 0) is 31.6 Å². The van der Waals surface area contributed by atoms with Gasteiger partial charge in [0.25, 0.3) is 5.91 Å². The van der Waals surface area contributed by atoms with Gasteiger partial charge in [-0.1, -0.05) is 18.5 Å². The van der Waals surface area contributed by atoms with E-state index in [4.69, 9.17) is 9.26 Å². The Morgan fingerprint density at radius 3 is 2.90 bits per heavy atom. The number of hydrogen-bond acceptors (Lipinski definition) is 5. The van der Waals surface area contributed by atoms with E-state index >= 15 is 0 Å². The van der Waals surface area contributed by atoms with Gasteiger partial charge in [-0.3, -0.25) is 4.79 Å². The van der Waals surface area contributed by atoms with Crippen molar-refractivity contribution in [1.82, 2.24) is 10.5 Å². The molecule has 21 heavy (non-hydrogen) atoms. The molecule has 1 fully saturated rings. The van der Waals surface area contributed by atoms with Gasteiger partial charge >= 0.3 is 0 Å². The third-order valence-electron chi connectivity index (χ3n) is 4.18. The summed E-state index contributed by atoms with van der Waals surface area (Å²) >= 11 is 0. The fraction of sp³-hybridized carbons (Fsp3) is 0.667. The highest BCUT2D eigenvalue weighted by Gasteiger charge is 2.37. The quantitative estimate of drug-likeness (QED) is 0.900. The van der Waals surface area contributed by atoms with Crippen molar-refractivity contribution in [2.45, 2.75) is 51.2 Å². The zero-order chi connectivity index (χ0) is 15.3. The zero-order valence-corrected chi connectivity index (χ0v) is 12.5. The minimum absolute atomic E-state index is 0.189. The highest BCUT2D eigenvalue weighted by molar-refractivity contribution is 5.93. The Kier molecular flexibility index (Phi) is 4.97. The number of aromatic nitrogens is 1. The van der Waals surface area contributed by atoms with Crippen LogP contribution in [0.4, 0.5) is 0 Å². The number of ether oxygens (including phenoxy) is 1. The SMILES string of the molecule is CCC1CCC(C#N)(NC(=O)c2cc(COC)on2)CC1. The number of rotatable bonds is 5. The van der Waals surface area contributed by atoms with Gasteiger partial charge in [-0.25, -0.2) is 0 Å². The van der Waals surface area contributed by atoms with E-state index in [1.165, 1.54) is 0 Å². The lowest BCUT2D eigenvalue weighted by molar-refractivity contribution is 0.0881. The van der Waals surface area contributed by atoms with Crippen LogP contribution in [-0.2, 0) is 11.3 Å². The van der Waals surface area contributed by atoms with Crippen molar-refractivity contribution in [3.05, 3.63) is 17.5 Å². The van der Waals surface area contributed by atoms with Crippen LogP contribution in [0.5, 0.6) is 0 Å². The summed E-state index contributed by atoms with van der Waals surface area (Å²) in [5.74, 6) is 0.782. The Balaban J connectivity index is 2.01. The molecule has 6 nitrogen and oxygen atoms in total. The Morgan fingerprint density at radius 1 is 1.62 bits per heavy atom. The first-order chi connectivity index (χ1) is 10.1. The maximum absolute atomic E-state index is 12.2. The second-order valence-corrected chi connectivity index (χ2v) is 5.61. The van der Waals surface area contributed by atoms with Gasteiger partial charge in [0.2, 0.25) is 0 Å². The van der Waals surface area contributed by atoms with Crippen molar-refractivity contribution >= 4 is 5.91 Å². The number of methoxy groups -OCH3 is 1. The van der Waals surface area contributed by atoms with Crippen LogP contribution in [0.15, 0.2) is 10.6 Å². The van der Waals surface area contributed by atoms with Crippen LogP contribution in [-0.4, -0.2) is 23.7 Å². The van der Waals surface area contributed by atoms with Crippen LogP contribution >= 0.6 is 0 Å². The Labute approximate surface area is 124 Å². The predicted molar refractivity (Wildman–Crippen MR) is 75.3 cm³/mol. The number of nitrogens with zero attached hydrogens (tertiary/aromatic N) is 2. The number of amides is 1. The Morgan fingerprint density at radius 2 is 2.33 bits per heavy atom. The number of nitrogens with one attached hydrogen (secondary N) is 1. The summed E-state index contributed by atoms with van der Waals surface area (Å²) in [4.78, 5) is 12.2. The lowest BCUT2D eigenvalue weighted by atomic mass is 9.76. The molecule has 114 valence electrons. The third-order valence-corrected chi connectivity index (χ3v) is 4.18. The smallest absolute Gasteiger partial charge is 0.274 e. The summed E-state index contributed by atoms with van der Waals surface area (Å²) in [7, 11) is 1.54.